The van der Waals surface area contributed by atoms with Crippen LogP contribution in [0.5, 0.6) is 0 Å². The van der Waals surface area contributed by atoms with E-state index in [1.165, 1.54) is 23.1 Å². The van der Waals surface area contributed by atoms with Crippen molar-refractivity contribution in [1.29, 1.82) is 0 Å². The molecule has 0 aliphatic rings. The predicted molar refractivity (Wildman–Crippen MR) is 115 cm³/mol. The quantitative estimate of drug-likeness (QED) is 0.375. The summed E-state index contributed by atoms with van der Waals surface area (Å²) < 4.78 is 52.0. The zero-order chi connectivity index (χ0) is 24.6. The normalized spacial score (nSPS) is 12.7. The van der Waals surface area contributed by atoms with Gasteiger partial charge in [-0.25, -0.2) is 33.3 Å². The van der Waals surface area contributed by atoms with Gasteiger partial charge in [0, 0.05) is 16.5 Å². The first-order chi connectivity index (χ1) is 16.1. The van der Waals surface area contributed by atoms with Crippen LogP contribution < -0.4 is 11.1 Å². The number of hydrogen-bond donors (Lipinski definition) is 2. The number of carbonyl (C=O) groups is 1. The van der Waals surface area contributed by atoms with Crippen LogP contribution in [0.1, 0.15) is 29.3 Å². The summed E-state index contributed by atoms with van der Waals surface area (Å²) in [5.41, 5.74) is 5.01. The standard InChI is InChI=1S/C18H14ClF2N9O3S/c1-8(17-27-7-28-30(17)13-4-11(15(22)31)23-5-24-13)29-16-10-2-9(19)3-12(14(10)25-6-26-16)34(32,33)18(20)21/h2-8,18H,1H3,(H2,22,31)(H,25,26,29)/t8-/m0/s1. The summed E-state index contributed by atoms with van der Waals surface area (Å²) in [6.07, 6.45) is 3.43. The van der Waals surface area contributed by atoms with Gasteiger partial charge < -0.3 is 11.1 Å². The van der Waals surface area contributed by atoms with Crippen LogP contribution in [0, 0.1) is 0 Å². The lowest BCUT2D eigenvalue weighted by atomic mass is 10.2. The summed E-state index contributed by atoms with van der Waals surface area (Å²) in [5, 5.41) is 7.12. The summed E-state index contributed by atoms with van der Waals surface area (Å²) in [6, 6.07) is 2.97. The molecule has 0 radical (unpaired) electrons. The van der Waals surface area contributed by atoms with Crippen molar-refractivity contribution in [1.82, 2.24) is 34.7 Å². The second kappa shape index (κ2) is 8.83. The van der Waals surface area contributed by atoms with Crippen LogP contribution in [0.15, 0.2) is 42.1 Å². The van der Waals surface area contributed by atoms with Crippen LogP contribution >= 0.6 is 11.6 Å². The molecule has 0 spiro atoms. The Morgan fingerprint density at radius 2 is 1.82 bits per heavy atom. The van der Waals surface area contributed by atoms with Crippen molar-refractivity contribution in [2.24, 2.45) is 5.73 Å². The molecule has 0 aliphatic carbocycles. The zero-order valence-corrected chi connectivity index (χ0v) is 18.7. The Morgan fingerprint density at radius 3 is 2.53 bits per heavy atom. The molecule has 0 aliphatic heterocycles. The van der Waals surface area contributed by atoms with Crippen molar-refractivity contribution in [3.63, 3.8) is 0 Å². The molecule has 1 atom stereocenters. The third-order valence-electron chi connectivity index (χ3n) is 4.65. The maximum Gasteiger partial charge on any atom is 0.341 e. The highest BCUT2D eigenvalue weighted by Crippen LogP contribution is 2.33. The number of nitrogens with one attached hydrogen (secondary N) is 1. The van der Waals surface area contributed by atoms with Crippen LogP contribution in [0.4, 0.5) is 14.6 Å². The second-order valence-electron chi connectivity index (χ2n) is 6.85. The zero-order valence-electron chi connectivity index (χ0n) is 17.1. The first-order valence-electron chi connectivity index (χ1n) is 9.34. The minimum absolute atomic E-state index is 0.0312. The number of carbonyl (C=O) groups excluding carboxylic acids is 1. The van der Waals surface area contributed by atoms with Gasteiger partial charge in [0.2, 0.25) is 9.84 Å². The van der Waals surface area contributed by atoms with Gasteiger partial charge in [-0.3, -0.25) is 4.79 Å². The Kier molecular flexibility index (Phi) is 6.05. The van der Waals surface area contributed by atoms with Crippen molar-refractivity contribution in [2.75, 3.05) is 5.32 Å². The Hall–Kier alpha value is -3.85. The smallest absolute Gasteiger partial charge is 0.341 e. The number of hydrogen-bond acceptors (Lipinski definition) is 10. The minimum Gasteiger partial charge on any atom is -0.364 e. The maximum absolute atomic E-state index is 13.2. The molecule has 0 fully saturated rings. The third kappa shape index (κ3) is 4.22. The van der Waals surface area contributed by atoms with Gasteiger partial charge in [-0.05, 0) is 19.1 Å². The second-order valence-corrected chi connectivity index (χ2v) is 9.17. The minimum atomic E-state index is -4.98. The van der Waals surface area contributed by atoms with E-state index in [9.17, 15) is 22.0 Å². The van der Waals surface area contributed by atoms with Crippen molar-refractivity contribution in [3.8, 4) is 5.82 Å². The first-order valence-corrected chi connectivity index (χ1v) is 11.3. The fraction of sp³-hybridized carbons (Fsp3) is 0.167. The third-order valence-corrected chi connectivity index (χ3v) is 6.26. The number of nitrogens with zero attached hydrogens (tertiary/aromatic N) is 7. The van der Waals surface area contributed by atoms with Crippen LogP contribution in [0.25, 0.3) is 16.7 Å². The lowest BCUT2D eigenvalue weighted by Crippen LogP contribution is -2.18. The molecule has 176 valence electrons. The predicted octanol–water partition coefficient (Wildman–Crippen LogP) is 1.92. The molecule has 4 rings (SSSR count). The number of sulfone groups is 1. The number of anilines is 1. The highest BCUT2D eigenvalue weighted by molar-refractivity contribution is 7.92. The number of halogens is 3. The fourth-order valence-electron chi connectivity index (χ4n) is 3.12. The first kappa shape index (κ1) is 23.3. The monoisotopic (exact) mass is 509 g/mol. The number of rotatable bonds is 7. The molecule has 0 saturated carbocycles. The maximum atomic E-state index is 13.2. The number of amides is 1. The van der Waals surface area contributed by atoms with E-state index >= 15 is 0 Å². The molecule has 0 bridgehead atoms. The van der Waals surface area contributed by atoms with E-state index in [4.69, 9.17) is 17.3 Å². The van der Waals surface area contributed by atoms with Crippen molar-refractivity contribution >= 4 is 44.1 Å². The van der Waals surface area contributed by atoms with Gasteiger partial charge >= 0.3 is 5.76 Å². The Bertz CT molecular complexity index is 1510. The van der Waals surface area contributed by atoms with E-state index in [2.05, 4.69) is 35.3 Å². The van der Waals surface area contributed by atoms with Gasteiger partial charge in [-0.1, -0.05) is 11.6 Å². The van der Waals surface area contributed by atoms with Gasteiger partial charge in [-0.2, -0.15) is 18.6 Å². The number of fused-ring (bicyclic) bond motifs is 1. The summed E-state index contributed by atoms with van der Waals surface area (Å²) in [4.78, 5) is 30.7. The molecule has 4 aromatic rings. The fourth-order valence-corrected chi connectivity index (χ4v) is 4.32. The molecule has 3 N–H and O–H groups in total. The van der Waals surface area contributed by atoms with Crippen molar-refractivity contribution in [3.05, 3.63) is 53.7 Å². The van der Waals surface area contributed by atoms with E-state index < -0.39 is 32.4 Å². The Morgan fingerprint density at radius 1 is 1.09 bits per heavy atom. The lowest BCUT2D eigenvalue weighted by molar-refractivity contribution is 0.0995. The van der Waals surface area contributed by atoms with Gasteiger partial charge in [0.15, 0.2) is 11.6 Å². The van der Waals surface area contributed by atoms with Gasteiger partial charge in [-0.15, -0.1) is 0 Å². The van der Waals surface area contributed by atoms with Gasteiger partial charge in [0.1, 0.15) is 35.4 Å². The summed E-state index contributed by atoms with van der Waals surface area (Å²) in [7, 11) is -4.98. The molecule has 1 amide bonds. The molecule has 3 aromatic heterocycles. The molecular weight excluding hydrogens is 496 g/mol. The van der Waals surface area contributed by atoms with Crippen molar-refractivity contribution in [2.45, 2.75) is 23.6 Å². The average Bonchev–Trinajstić information content (AvgIpc) is 3.29. The van der Waals surface area contributed by atoms with Crippen LogP contribution in [-0.4, -0.2) is 54.8 Å². The van der Waals surface area contributed by atoms with E-state index in [1.54, 1.807) is 6.92 Å². The molecule has 12 nitrogen and oxygen atoms in total. The molecule has 34 heavy (non-hydrogen) atoms. The molecule has 1 aromatic carbocycles. The van der Waals surface area contributed by atoms with Gasteiger partial charge in [0.05, 0.1) is 11.6 Å². The highest BCUT2D eigenvalue weighted by atomic mass is 35.5. The van der Waals surface area contributed by atoms with Gasteiger partial charge in [0.25, 0.3) is 5.91 Å². The number of alkyl halides is 2. The molecule has 3 heterocycles. The van der Waals surface area contributed by atoms with E-state index in [-0.39, 0.29) is 33.3 Å². The number of benzene rings is 1. The van der Waals surface area contributed by atoms with E-state index in [0.717, 1.165) is 18.7 Å². The van der Waals surface area contributed by atoms with E-state index in [0.29, 0.717) is 5.82 Å². The number of primary amides is 1. The highest BCUT2D eigenvalue weighted by Gasteiger charge is 2.30. The number of aromatic nitrogens is 7. The molecule has 16 heteroatoms. The average molecular weight is 510 g/mol. The Labute approximate surface area is 195 Å². The SMILES string of the molecule is C[C@H](Nc1ncnc2c(S(=O)(=O)C(F)F)cc(Cl)cc12)c1ncnn1-c1cc(C(N)=O)ncn1. The van der Waals surface area contributed by atoms with Crippen LogP contribution in [-0.2, 0) is 9.84 Å². The molecule has 0 unspecified atom stereocenters. The van der Waals surface area contributed by atoms with E-state index in [1.807, 2.05) is 0 Å². The molecule has 0 saturated heterocycles. The molecular formula is C18H14ClF2N9O3S. The number of nitrogens with two attached hydrogens (primary N) is 1. The topological polar surface area (TPSA) is 172 Å². The lowest BCUT2D eigenvalue weighted by Gasteiger charge is -2.17. The van der Waals surface area contributed by atoms with Crippen molar-refractivity contribution < 1.29 is 22.0 Å². The largest absolute Gasteiger partial charge is 0.364 e. The Balaban J connectivity index is 1.76. The van der Waals surface area contributed by atoms with Crippen LogP contribution in [0.3, 0.4) is 0 Å². The summed E-state index contributed by atoms with van der Waals surface area (Å²) in [6.45, 7) is 1.69. The summed E-state index contributed by atoms with van der Waals surface area (Å²) >= 11 is 6.02. The summed E-state index contributed by atoms with van der Waals surface area (Å²) in [5.74, 6) is -3.76. The van der Waals surface area contributed by atoms with Crippen LogP contribution in [0.2, 0.25) is 5.02 Å².